The Morgan fingerprint density at radius 1 is 1.21 bits per heavy atom. The van der Waals surface area contributed by atoms with E-state index in [2.05, 4.69) is 18.0 Å². The molecule has 1 amide bonds. The fourth-order valence-electron chi connectivity index (χ4n) is 4.65. The third-order valence-electron chi connectivity index (χ3n) is 6.50. The molecule has 2 unspecified atom stereocenters. The first-order valence-electron chi connectivity index (χ1n) is 12.8. The number of benzene rings is 2. The minimum atomic E-state index is -0.719. The summed E-state index contributed by atoms with van der Waals surface area (Å²) < 4.78 is 17.1. The van der Waals surface area contributed by atoms with Gasteiger partial charge in [0.05, 0.1) is 39.0 Å². The number of thiophene rings is 1. The molecule has 3 aromatic rings. The Balaban J connectivity index is 1.36. The molecule has 4 rings (SSSR count). The van der Waals surface area contributed by atoms with Crippen molar-refractivity contribution >= 4 is 17.2 Å². The lowest BCUT2D eigenvalue weighted by molar-refractivity contribution is -0.136. The van der Waals surface area contributed by atoms with Gasteiger partial charge in [-0.05, 0) is 41.1 Å². The van der Waals surface area contributed by atoms with Gasteiger partial charge in [-0.3, -0.25) is 9.69 Å². The summed E-state index contributed by atoms with van der Waals surface area (Å²) in [5.74, 6) is 1.42. The normalized spacial score (nSPS) is 15.7. The number of aliphatic hydroxyl groups excluding tert-OH is 1. The number of nitrogens with zero attached hydrogens (tertiary/aromatic N) is 2. The number of hydrogen-bond acceptors (Lipinski definition) is 7. The van der Waals surface area contributed by atoms with Crippen LogP contribution in [0.3, 0.4) is 0 Å². The van der Waals surface area contributed by atoms with Gasteiger partial charge in [-0.25, -0.2) is 0 Å². The van der Waals surface area contributed by atoms with E-state index in [9.17, 15) is 9.90 Å². The van der Waals surface area contributed by atoms with Crippen LogP contribution in [0.1, 0.15) is 22.0 Å². The number of ether oxygens (including phenoxy) is 3. The Bertz CT molecular complexity index is 1170. The fraction of sp³-hybridized carbons (Fsp3) is 0.367. The minimum Gasteiger partial charge on any atom is -0.497 e. The highest BCUT2D eigenvalue weighted by atomic mass is 32.1. The maximum absolute atomic E-state index is 13.6. The lowest BCUT2D eigenvalue weighted by atomic mass is 10.0. The third kappa shape index (κ3) is 7.68. The molecule has 7 nitrogen and oxygen atoms in total. The largest absolute Gasteiger partial charge is 0.497 e. The minimum absolute atomic E-state index is 0.000321. The van der Waals surface area contributed by atoms with Crippen molar-refractivity contribution in [2.24, 2.45) is 0 Å². The van der Waals surface area contributed by atoms with Gasteiger partial charge in [0.1, 0.15) is 18.1 Å². The summed E-state index contributed by atoms with van der Waals surface area (Å²) in [7, 11) is 1.62. The third-order valence-corrected chi connectivity index (χ3v) is 7.50. The van der Waals surface area contributed by atoms with Crippen molar-refractivity contribution in [3.63, 3.8) is 0 Å². The highest BCUT2D eigenvalue weighted by Gasteiger charge is 2.33. The molecule has 1 aliphatic rings. The molecule has 0 radical (unpaired) electrons. The van der Waals surface area contributed by atoms with Crippen LogP contribution in [0.4, 0.5) is 0 Å². The second-order valence-electron chi connectivity index (χ2n) is 9.28. The number of carbonyl (C=O) groups excluding carboxylic acids is 1. The zero-order chi connectivity index (χ0) is 26.7. The van der Waals surface area contributed by atoms with E-state index in [1.165, 1.54) is 4.88 Å². The number of methoxy groups -OCH3 is 1. The second kappa shape index (κ2) is 14.1. The van der Waals surface area contributed by atoms with Crippen molar-refractivity contribution in [3.8, 4) is 11.5 Å². The summed E-state index contributed by atoms with van der Waals surface area (Å²) in [4.78, 5) is 18.7. The van der Waals surface area contributed by atoms with Crippen LogP contribution in [0.15, 0.2) is 78.7 Å². The molecule has 202 valence electrons. The van der Waals surface area contributed by atoms with Crippen molar-refractivity contribution in [1.29, 1.82) is 0 Å². The molecule has 2 heterocycles. The van der Waals surface area contributed by atoms with Gasteiger partial charge in [-0.1, -0.05) is 42.5 Å². The fourth-order valence-corrected chi connectivity index (χ4v) is 5.58. The second-order valence-corrected chi connectivity index (χ2v) is 10.3. The van der Waals surface area contributed by atoms with Crippen LogP contribution in [-0.4, -0.2) is 73.4 Å². The van der Waals surface area contributed by atoms with Gasteiger partial charge in [-0.2, -0.15) is 0 Å². The van der Waals surface area contributed by atoms with Crippen molar-refractivity contribution in [1.82, 2.24) is 9.80 Å². The first kappa shape index (κ1) is 27.9. The molecule has 1 N–H and O–H groups in total. The van der Waals surface area contributed by atoms with Gasteiger partial charge >= 0.3 is 0 Å². The van der Waals surface area contributed by atoms with Crippen LogP contribution in [0.25, 0.3) is 0 Å². The molecule has 0 aliphatic carbocycles. The average Bonchev–Trinajstić information content (AvgIpc) is 3.42. The average molecular weight is 537 g/mol. The molecule has 8 heteroatoms. The first-order chi connectivity index (χ1) is 18.6. The highest BCUT2D eigenvalue weighted by Crippen LogP contribution is 2.34. The Kier molecular flexibility index (Phi) is 10.3. The van der Waals surface area contributed by atoms with E-state index >= 15 is 0 Å². The predicted molar refractivity (Wildman–Crippen MR) is 150 cm³/mol. The molecule has 2 aromatic carbocycles. The summed E-state index contributed by atoms with van der Waals surface area (Å²) in [6, 6.07) is 19.2. The molecule has 2 atom stereocenters. The number of aliphatic hydroxyl groups is 1. The first-order valence-corrected chi connectivity index (χ1v) is 13.7. The van der Waals surface area contributed by atoms with E-state index in [0.717, 1.165) is 23.3 Å². The number of hydrogen-bond donors (Lipinski definition) is 1. The molecular weight excluding hydrogens is 500 g/mol. The summed E-state index contributed by atoms with van der Waals surface area (Å²) in [6.45, 7) is 6.42. The number of carbonyl (C=O) groups is 1. The van der Waals surface area contributed by atoms with Gasteiger partial charge in [0.15, 0.2) is 0 Å². The Hall–Kier alpha value is -3.17. The zero-order valence-electron chi connectivity index (χ0n) is 21.8. The van der Waals surface area contributed by atoms with Crippen molar-refractivity contribution in [2.75, 3.05) is 46.5 Å². The Morgan fingerprint density at radius 2 is 2.03 bits per heavy atom. The molecular formula is C30H36N2O5S. The van der Waals surface area contributed by atoms with E-state index in [-0.39, 0.29) is 25.1 Å². The van der Waals surface area contributed by atoms with E-state index in [1.54, 1.807) is 24.5 Å². The lowest BCUT2D eigenvalue weighted by Crippen LogP contribution is -2.48. The van der Waals surface area contributed by atoms with Gasteiger partial charge in [0.2, 0.25) is 5.91 Å². The monoisotopic (exact) mass is 536 g/mol. The van der Waals surface area contributed by atoms with Crippen LogP contribution in [0.5, 0.6) is 11.5 Å². The summed E-state index contributed by atoms with van der Waals surface area (Å²) >= 11 is 1.72. The maximum atomic E-state index is 13.6. The highest BCUT2D eigenvalue weighted by molar-refractivity contribution is 7.10. The standard InChI is InChI=1S/C30H36N2O5S/c1-3-14-31(18-24(33)21-36-20-23-8-5-4-6-9-23)19-30(34)32-15-12-29-27(13-16-38-29)28(32)22-37-26-11-7-10-25(17-26)35-2/h3-11,13,16-17,24,28,33H,1,12,14-15,18-22H2,2H3. The summed E-state index contributed by atoms with van der Waals surface area (Å²) in [5.41, 5.74) is 2.19. The van der Waals surface area contributed by atoms with E-state index in [1.807, 2.05) is 64.4 Å². The van der Waals surface area contributed by atoms with Gasteiger partial charge in [0, 0.05) is 30.6 Å². The zero-order valence-corrected chi connectivity index (χ0v) is 22.6. The number of rotatable bonds is 14. The lowest BCUT2D eigenvalue weighted by Gasteiger charge is -2.37. The SMILES string of the molecule is C=CCN(CC(=O)N1CCc2sccc2C1COc1cccc(OC)c1)CC(O)COCc1ccccc1. The quantitative estimate of drug-likeness (QED) is 0.310. The van der Waals surface area contributed by atoms with Crippen LogP contribution < -0.4 is 9.47 Å². The Labute approximate surface area is 228 Å². The van der Waals surface area contributed by atoms with Gasteiger partial charge in [0.25, 0.3) is 0 Å². The van der Waals surface area contributed by atoms with Gasteiger partial charge in [-0.15, -0.1) is 17.9 Å². The topological polar surface area (TPSA) is 71.5 Å². The summed E-state index contributed by atoms with van der Waals surface area (Å²) in [5, 5.41) is 12.7. The van der Waals surface area contributed by atoms with Gasteiger partial charge < -0.3 is 24.2 Å². The molecule has 0 bridgehead atoms. The predicted octanol–water partition coefficient (Wildman–Crippen LogP) is 4.33. The van der Waals surface area contributed by atoms with E-state index in [4.69, 9.17) is 14.2 Å². The van der Waals surface area contributed by atoms with E-state index < -0.39 is 6.10 Å². The van der Waals surface area contributed by atoms with Crippen molar-refractivity contribution in [2.45, 2.75) is 25.2 Å². The maximum Gasteiger partial charge on any atom is 0.237 e. The Morgan fingerprint density at radius 3 is 2.82 bits per heavy atom. The van der Waals surface area contributed by atoms with Crippen LogP contribution >= 0.6 is 11.3 Å². The van der Waals surface area contributed by atoms with Crippen molar-refractivity contribution < 1.29 is 24.1 Å². The molecule has 0 saturated heterocycles. The molecule has 1 aliphatic heterocycles. The smallest absolute Gasteiger partial charge is 0.237 e. The van der Waals surface area contributed by atoms with Crippen LogP contribution in [-0.2, 0) is 22.6 Å². The van der Waals surface area contributed by atoms with Crippen LogP contribution in [0, 0.1) is 0 Å². The molecule has 0 fully saturated rings. The molecule has 0 saturated carbocycles. The molecule has 1 aromatic heterocycles. The van der Waals surface area contributed by atoms with Crippen LogP contribution in [0.2, 0.25) is 0 Å². The summed E-state index contributed by atoms with van der Waals surface area (Å²) in [6.07, 6.45) is 1.86. The number of fused-ring (bicyclic) bond motifs is 1. The molecule has 38 heavy (non-hydrogen) atoms. The van der Waals surface area contributed by atoms with Crippen molar-refractivity contribution in [3.05, 3.63) is 94.7 Å². The number of amides is 1. The molecule has 0 spiro atoms. The van der Waals surface area contributed by atoms with E-state index in [0.29, 0.717) is 38.6 Å².